The molecule has 1 unspecified atom stereocenters. The lowest BCUT2D eigenvalue weighted by Crippen LogP contribution is -2.51. The fourth-order valence-corrected chi connectivity index (χ4v) is 1.84. The van der Waals surface area contributed by atoms with Crippen molar-refractivity contribution in [2.75, 3.05) is 26.7 Å². The molecule has 2 rings (SSSR count). The molecule has 1 aliphatic rings. The zero-order valence-electron chi connectivity index (χ0n) is 11.3. The van der Waals surface area contributed by atoms with Crippen LogP contribution >= 0.6 is 0 Å². The molecule has 1 aliphatic heterocycles. The van der Waals surface area contributed by atoms with Crippen LogP contribution in [0.1, 0.15) is 6.92 Å². The van der Waals surface area contributed by atoms with Gasteiger partial charge in [0.2, 0.25) is 5.91 Å². The molecule has 1 amide bonds. The summed E-state index contributed by atoms with van der Waals surface area (Å²) in [4.78, 5) is 11.7. The molecule has 104 valence electrons. The zero-order valence-corrected chi connectivity index (χ0v) is 11.3. The van der Waals surface area contributed by atoms with Crippen LogP contribution in [0.4, 0.5) is 0 Å². The van der Waals surface area contributed by atoms with Crippen molar-refractivity contribution in [2.24, 2.45) is 5.92 Å². The van der Waals surface area contributed by atoms with Crippen LogP contribution in [0.15, 0.2) is 24.3 Å². The van der Waals surface area contributed by atoms with Gasteiger partial charge in [-0.1, -0.05) is 12.1 Å². The molecular formula is C14H20N2O3. The molecule has 0 radical (unpaired) electrons. The topological polar surface area (TPSA) is 59.6 Å². The second kappa shape index (κ2) is 6.43. The van der Waals surface area contributed by atoms with Gasteiger partial charge in [-0.2, -0.15) is 0 Å². The number of carbonyl (C=O) groups is 1. The molecule has 5 nitrogen and oxygen atoms in total. The normalized spacial score (nSPS) is 16.3. The summed E-state index contributed by atoms with van der Waals surface area (Å²) < 4.78 is 11.0. The first-order valence-corrected chi connectivity index (χ1v) is 6.49. The Hall–Kier alpha value is -1.75. The standard InChI is InChI=1S/C14H20N2O3/c1-10(7-16-14(17)11-8-15-9-11)19-13-6-4-3-5-12(13)18-2/h3-6,10-11,15H,7-9H2,1-2H3,(H,16,17). The van der Waals surface area contributed by atoms with E-state index >= 15 is 0 Å². The third kappa shape index (κ3) is 3.61. The van der Waals surface area contributed by atoms with Gasteiger partial charge in [0.1, 0.15) is 6.10 Å². The fourth-order valence-electron chi connectivity index (χ4n) is 1.84. The highest BCUT2D eigenvalue weighted by atomic mass is 16.5. The Morgan fingerprint density at radius 2 is 2.11 bits per heavy atom. The third-order valence-electron chi connectivity index (χ3n) is 3.11. The van der Waals surface area contributed by atoms with Gasteiger partial charge in [0, 0.05) is 13.1 Å². The van der Waals surface area contributed by atoms with E-state index in [2.05, 4.69) is 10.6 Å². The van der Waals surface area contributed by atoms with Gasteiger partial charge in [-0.05, 0) is 19.1 Å². The first-order chi connectivity index (χ1) is 9.20. The Balaban J connectivity index is 1.80. The highest BCUT2D eigenvalue weighted by Crippen LogP contribution is 2.26. The number of hydrogen-bond acceptors (Lipinski definition) is 4. The van der Waals surface area contributed by atoms with Crippen molar-refractivity contribution in [2.45, 2.75) is 13.0 Å². The number of amides is 1. The van der Waals surface area contributed by atoms with Crippen molar-refractivity contribution in [3.8, 4) is 11.5 Å². The molecule has 0 aromatic heterocycles. The SMILES string of the molecule is COc1ccccc1OC(C)CNC(=O)C1CNC1. The van der Waals surface area contributed by atoms with Crippen LogP contribution in [0.25, 0.3) is 0 Å². The summed E-state index contributed by atoms with van der Waals surface area (Å²) in [6.45, 7) is 3.96. The fraction of sp³-hybridized carbons (Fsp3) is 0.500. The molecule has 1 aromatic rings. The summed E-state index contributed by atoms with van der Waals surface area (Å²) in [6, 6.07) is 7.48. The van der Waals surface area contributed by atoms with E-state index in [9.17, 15) is 4.79 Å². The van der Waals surface area contributed by atoms with Crippen molar-refractivity contribution in [3.05, 3.63) is 24.3 Å². The highest BCUT2D eigenvalue weighted by molar-refractivity contribution is 5.80. The van der Waals surface area contributed by atoms with E-state index in [0.717, 1.165) is 13.1 Å². The molecule has 1 aromatic carbocycles. The van der Waals surface area contributed by atoms with Crippen molar-refractivity contribution < 1.29 is 14.3 Å². The van der Waals surface area contributed by atoms with E-state index in [1.54, 1.807) is 7.11 Å². The van der Waals surface area contributed by atoms with Crippen LogP contribution < -0.4 is 20.1 Å². The predicted molar refractivity (Wildman–Crippen MR) is 72.5 cm³/mol. The van der Waals surface area contributed by atoms with Gasteiger partial charge in [-0.25, -0.2) is 0 Å². The Bertz CT molecular complexity index is 432. The summed E-state index contributed by atoms with van der Waals surface area (Å²) in [5, 5.41) is 5.97. The molecule has 1 fully saturated rings. The molecular weight excluding hydrogens is 244 g/mol. The largest absolute Gasteiger partial charge is 0.493 e. The number of carbonyl (C=O) groups excluding carboxylic acids is 1. The van der Waals surface area contributed by atoms with E-state index in [1.807, 2.05) is 31.2 Å². The molecule has 0 aliphatic carbocycles. The lowest BCUT2D eigenvalue weighted by atomic mass is 10.0. The summed E-state index contributed by atoms with van der Waals surface area (Å²) in [6.07, 6.45) is -0.103. The Morgan fingerprint density at radius 3 is 2.68 bits per heavy atom. The summed E-state index contributed by atoms with van der Waals surface area (Å²) in [5.74, 6) is 1.59. The lowest BCUT2D eigenvalue weighted by molar-refractivity contribution is -0.126. The van der Waals surface area contributed by atoms with Crippen LogP contribution in [-0.4, -0.2) is 38.8 Å². The van der Waals surface area contributed by atoms with Crippen LogP contribution in [-0.2, 0) is 4.79 Å². The number of ether oxygens (including phenoxy) is 2. The van der Waals surface area contributed by atoms with Crippen LogP contribution in [0.3, 0.4) is 0 Å². The van der Waals surface area contributed by atoms with E-state index in [-0.39, 0.29) is 17.9 Å². The van der Waals surface area contributed by atoms with Gasteiger partial charge in [0.15, 0.2) is 11.5 Å². The van der Waals surface area contributed by atoms with E-state index in [1.165, 1.54) is 0 Å². The molecule has 1 atom stereocenters. The Labute approximate surface area is 113 Å². The van der Waals surface area contributed by atoms with Gasteiger partial charge < -0.3 is 20.1 Å². The molecule has 1 heterocycles. The maximum atomic E-state index is 11.7. The van der Waals surface area contributed by atoms with Crippen molar-refractivity contribution in [3.63, 3.8) is 0 Å². The number of para-hydroxylation sites is 2. The van der Waals surface area contributed by atoms with Crippen molar-refractivity contribution in [1.82, 2.24) is 10.6 Å². The molecule has 5 heteroatoms. The predicted octanol–water partition coefficient (Wildman–Crippen LogP) is 0.798. The van der Waals surface area contributed by atoms with Gasteiger partial charge in [-0.3, -0.25) is 4.79 Å². The number of methoxy groups -OCH3 is 1. The molecule has 19 heavy (non-hydrogen) atoms. The van der Waals surface area contributed by atoms with Crippen LogP contribution in [0, 0.1) is 5.92 Å². The van der Waals surface area contributed by atoms with Gasteiger partial charge in [0.05, 0.1) is 19.6 Å². The van der Waals surface area contributed by atoms with Crippen LogP contribution in [0.2, 0.25) is 0 Å². The van der Waals surface area contributed by atoms with Gasteiger partial charge in [-0.15, -0.1) is 0 Å². The van der Waals surface area contributed by atoms with E-state index in [0.29, 0.717) is 18.0 Å². The first kappa shape index (κ1) is 13.7. The number of hydrogen-bond donors (Lipinski definition) is 2. The minimum Gasteiger partial charge on any atom is -0.493 e. The quantitative estimate of drug-likeness (QED) is 0.798. The number of nitrogens with one attached hydrogen (secondary N) is 2. The average molecular weight is 264 g/mol. The minimum atomic E-state index is -0.103. The average Bonchev–Trinajstić information content (AvgIpc) is 2.35. The zero-order chi connectivity index (χ0) is 13.7. The van der Waals surface area contributed by atoms with Gasteiger partial charge >= 0.3 is 0 Å². The highest BCUT2D eigenvalue weighted by Gasteiger charge is 2.24. The second-order valence-electron chi connectivity index (χ2n) is 4.68. The molecule has 1 saturated heterocycles. The Morgan fingerprint density at radius 1 is 1.42 bits per heavy atom. The maximum Gasteiger partial charge on any atom is 0.225 e. The molecule has 0 spiro atoms. The Kier molecular flexibility index (Phi) is 4.63. The maximum absolute atomic E-state index is 11.7. The summed E-state index contributed by atoms with van der Waals surface area (Å²) in [5.41, 5.74) is 0. The summed E-state index contributed by atoms with van der Waals surface area (Å²) in [7, 11) is 1.61. The smallest absolute Gasteiger partial charge is 0.225 e. The first-order valence-electron chi connectivity index (χ1n) is 6.49. The van der Waals surface area contributed by atoms with Crippen molar-refractivity contribution >= 4 is 5.91 Å². The molecule has 0 saturated carbocycles. The molecule has 0 bridgehead atoms. The van der Waals surface area contributed by atoms with E-state index in [4.69, 9.17) is 9.47 Å². The number of rotatable bonds is 6. The summed E-state index contributed by atoms with van der Waals surface area (Å²) >= 11 is 0. The lowest BCUT2D eigenvalue weighted by Gasteiger charge is -2.26. The van der Waals surface area contributed by atoms with Crippen LogP contribution in [0.5, 0.6) is 11.5 Å². The van der Waals surface area contributed by atoms with Gasteiger partial charge in [0.25, 0.3) is 0 Å². The molecule has 2 N–H and O–H groups in total. The second-order valence-corrected chi connectivity index (χ2v) is 4.68. The third-order valence-corrected chi connectivity index (χ3v) is 3.11. The van der Waals surface area contributed by atoms with Crippen molar-refractivity contribution in [1.29, 1.82) is 0 Å². The minimum absolute atomic E-state index is 0.0919. The monoisotopic (exact) mass is 264 g/mol. The number of benzene rings is 1. The van der Waals surface area contributed by atoms with E-state index < -0.39 is 0 Å².